The Morgan fingerprint density at radius 1 is 1.80 bits per heavy atom. The molecule has 2 atom stereocenters. The second kappa shape index (κ2) is 3.53. The third-order valence-corrected chi connectivity index (χ3v) is 5.07. The van der Waals surface area contributed by atoms with E-state index in [2.05, 4.69) is 0 Å². The van der Waals surface area contributed by atoms with Crippen molar-refractivity contribution < 1.29 is 9.00 Å². The summed E-state index contributed by atoms with van der Waals surface area (Å²) >= 11 is 1.53. The van der Waals surface area contributed by atoms with Gasteiger partial charge in [0.15, 0.2) is 5.78 Å². The minimum atomic E-state index is -0.877. The minimum absolute atomic E-state index is 0.140. The van der Waals surface area contributed by atoms with Crippen molar-refractivity contribution in [2.45, 2.75) is 17.9 Å². The SMILES string of the molecule is CCC(=O)C1SCCS1=O. The van der Waals surface area contributed by atoms with Crippen molar-refractivity contribution in [3.05, 3.63) is 0 Å². The van der Waals surface area contributed by atoms with Crippen molar-refractivity contribution in [2.24, 2.45) is 0 Å². The maximum absolute atomic E-state index is 11.0. The van der Waals surface area contributed by atoms with Gasteiger partial charge in [0.1, 0.15) is 4.58 Å². The van der Waals surface area contributed by atoms with E-state index in [0.717, 1.165) is 5.75 Å². The molecule has 0 bridgehead atoms. The van der Waals surface area contributed by atoms with Crippen molar-refractivity contribution in [3.63, 3.8) is 0 Å². The molecule has 0 saturated carbocycles. The van der Waals surface area contributed by atoms with E-state index in [0.29, 0.717) is 12.2 Å². The Labute approximate surface area is 67.2 Å². The molecule has 0 aromatic heterocycles. The monoisotopic (exact) mass is 178 g/mol. The zero-order valence-electron chi connectivity index (χ0n) is 5.83. The van der Waals surface area contributed by atoms with Crippen molar-refractivity contribution in [1.82, 2.24) is 0 Å². The van der Waals surface area contributed by atoms with E-state index in [9.17, 15) is 9.00 Å². The first kappa shape index (κ1) is 8.27. The maximum atomic E-state index is 11.0. The largest absolute Gasteiger partial charge is 0.297 e. The van der Waals surface area contributed by atoms with Crippen LogP contribution in [0.3, 0.4) is 0 Å². The predicted molar refractivity (Wildman–Crippen MR) is 44.6 cm³/mol. The van der Waals surface area contributed by atoms with E-state index in [1.165, 1.54) is 11.8 Å². The summed E-state index contributed by atoms with van der Waals surface area (Å²) < 4.78 is 10.8. The first-order chi connectivity index (χ1) is 4.75. The Kier molecular flexibility index (Phi) is 2.92. The van der Waals surface area contributed by atoms with Crippen LogP contribution in [-0.4, -0.2) is 26.1 Å². The van der Waals surface area contributed by atoms with Crippen LogP contribution in [0.25, 0.3) is 0 Å². The smallest absolute Gasteiger partial charge is 0.158 e. The highest BCUT2D eigenvalue weighted by Gasteiger charge is 2.28. The third-order valence-electron chi connectivity index (χ3n) is 1.40. The molecule has 1 heterocycles. The van der Waals surface area contributed by atoms with Crippen LogP contribution >= 0.6 is 11.8 Å². The lowest BCUT2D eigenvalue weighted by Crippen LogP contribution is -2.17. The van der Waals surface area contributed by atoms with Crippen LogP contribution in [0.2, 0.25) is 0 Å². The van der Waals surface area contributed by atoms with Gasteiger partial charge in [-0.05, 0) is 0 Å². The molecule has 1 rings (SSSR count). The van der Waals surface area contributed by atoms with Gasteiger partial charge in [-0.15, -0.1) is 11.8 Å². The molecule has 10 heavy (non-hydrogen) atoms. The van der Waals surface area contributed by atoms with E-state index >= 15 is 0 Å². The molecule has 1 aliphatic rings. The van der Waals surface area contributed by atoms with E-state index in [-0.39, 0.29) is 10.4 Å². The summed E-state index contributed by atoms with van der Waals surface area (Å²) in [5, 5.41) is 0. The van der Waals surface area contributed by atoms with E-state index < -0.39 is 10.8 Å². The normalized spacial score (nSPS) is 32.5. The molecule has 0 aromatic rings. The molecule has 1 fully saturated rings. The van der Waals surface area contributed by atoms with Gasteiger partial charge in [-0.3, -0.25) is 9.00 Å². The Balaban J connectivity index is 2.55. The Hall–Kier alpha value is 0.170. The number of carbonyl (C=O) groups excluding carboxylic acids is 1. The molecule has 1 aliphatic heterocycles. The lowest BCUT2D eigenvalue weighted by atomic mass is 10.3. The van der Waals surface area contributed by atoms with Gasteiger partial charge >= 0.3 is 0 Å². The number of hydrogen-bond donors (Lipinski definition) is 0. The van der Waals surface area contributed by atoms with Gasteiger partial charge in [-0.2, -0.15) is 0 Å². The fourth-order valence-corrected chi connectivity index (χ4v) is 4.29. The molecule has 1 saturated heterocycles. The number of rotatable bonds is 2. The molecular formula is C6H10O2S2. The number of Topliss-reactive ketones (excluding diaryl/α,β-unsaturated/α-hetero) is 1. The summed E-state index contributed by atoms with van der Waals surface area (Å²) in [6.45, 7) is 1.82. The zero-order valence-corrected chi connectivity index (χ0v) is 7.46. The third kappa shape index (κ3) is 1.61. The summed E-state index contributed by atoms with van der Waals surface area (Å²) in [5.74, 6) is 1.71. The summed E-state index contributed by atoms with van der Waals surface area (Å²) in [5.41, 5.74) is 0. The van der Waals surface area contributed by atoms with Gasteiger partial charge in [0, 0.05) is 28.7 Å². The van der Waals surface area contributed by atoms with E-state index in [4.69, 9.17) is 0 Å². The molecule has 4 heteroatoms. The molecular weight excluding hydrogens is 168 g/mol. The summed E-state index contributed by atoms with van der Waals surface area (Å²) in [6.07, 6.45) is 0.517. The first-order valence-corrected chi connectivity index (χ1v) is 5.70. The minimum Gasteiger partial charge on any atom is -0.297 e. The Morgan fingerprint density at radius 2 is 2.50 bits per heavy atom. The van der Waals surface area contributed by atoms with Crippen molar-refractivity contribution in [3.8, 4) is 0 Å². The van der Waals surface area contributed by atoms with Crippen LogP contribution < -0.4 is 0 Å². The van der Waals surface area contributed by atoms with E-state index in [1.807, 2.05) is 6.92 Å². The maximum Gasteiger partial charge on any atom is 0.158 e. The van der Waals surface area contributed by atoms with Crippen LogP contribution in [0, 0.1) is 0 Å². The molecule has 0 radical (unpaired) electrons. The zero-order chi connectivity index (χ0) is 7.56. The predicted octanol–water partition coefficient (Wildman–Crippen LogP) is 0.787. The highest BCUT2D eigenvalue weighted by molar-refractivity contribution is 8.15. The number of thioether (sulfide) groups is 1. The van der Waals surface area contributed by atoms with Gasteiger partial charge in [-0.1, -0.05) is 6.92 Å². The lowest BCUT2D eigenvalue weighted by molar-refractivity contribution is -0.116. The van der Waals surface area contributed by atoms with Crippen LogP contribution in [0.4, 0.5) is 0 Å². The molecule has 0 aliphatic carbocycles. The average Bonchev–Trinajstić information content (AvgIpc) is 2.34. The van der Waals surface area contributed by atoms with Crippen LogP contribution in [-0.2, 0) is 15.6 Å². The van der Waals surface area contributed by atoms with E-state index in [1.54, 1.807) is 0 Å². The second-order valence-electron chi connectivity index (χ2n) is 2.11. The number of ketones is 1. The quantitative estimate of drug-likeness (QED) is 0.627. The molecule has 0 amide bonds. The lowest BCUT2D eigenvalue weighted by Gasteiger charge is -2.02. The highest BCUT2D eigenvalue weighted by atomic mass is 32.2. The first-order valence-electron chi connectivity index (χ1n) is 3.27. The molecule has 2 nitrogen and oxygen atoms in total. The molecule has 0 aromatic carbocycles. The highest BCUT2D eigenvalue weighted by Crippen LogP contribution is 2.24. The van der Waals surface area contributed by atoms with Crippen LogP contribution in [0.1, 0.15) is 13.3 Å². The molecule has 0 N–H and O–H groups in total. The van der Waals surface area contributed by atoms with Gasteiger partial charge in [0.25, 0.3) is 0 Å². The van der Waals surface area contributed by atoms with Gasteiger partial charge in [-0.25, -0.2) is 0 Å². The van der Waals surface area contributed by atoms with Crippen LogP contribution in [0.5, 0.6) is 0 Å². The fraction of sp³-hybridized carbons (Fsp3) is 0.833. The summed E-state index contributed by atoms with van der Waals surface area (Å²) in [4.78, 5) is 11.0. The Morgan fingerprint density at radius 3 is 2.90 bits per heavy atom. The standard InChI is InChI=1S/C6H10O2S2/c1-2-5(7)6-9-3-4-10(6)8/h6H,2-4H2,1H3. The van der Waals surface area contributed by atoms with Gasteiger partial charge in [0.05, 0.1) is 0 Å². The Bertz CT molecular complexity index is 167. The van der Waals surface area contributed by atoms with Gasteiger partial charge < -0.3 is 0 Å². The molecule has 2 unspecified atom stereocenters. The van der Waals surface area contributed by atoms with Crippen molar-refractivity contribution >= 4 is 28.3 Å². The average molecular weight is 178 g/mol. The second-order valence-corrected chi connectivity index (χ2v) is 5.26. The van der Waals surface area contributed by atoms with Gasteiger partial charge in [0.2, 0.25) is 0 Å². The van der Waals surface area contributed by atoms with Crippen molar-refractivity contribution in [2.75, 3.05) is 11.5 Å². The summed E-state index contributed by atoms with van der Waals surface area (Å²) in [6, 6.07) is 0. The van der Waals surface area contributed by atoms with Crippen LogP contribution in [0.15, 0.2) is 0 Å². The summed E-state index contributed by atoms with van der Waals surface area (Å²) in [7, 11) is -0.877. The fourth-order valence-electron chi connectivity index (χ4n) is 0.826. The van der Waals surface area contributed by atoms with Crippen molar-refractivity contribution in [1.29, 1.82) is 0 Å². The topological polar surface area (TPSA) is 34.1 Å². The number of hydrogen-bond acceptors (Lipinski definition) is 3. The number of carbonyl (C=O) groups is 1. The molecule has 58 valence electrons. The molecule has 0 spiro atoms.